The number of phenolic OH excluding ortho intramolecular Hbond substituents is 2. The minimum Gasteiger partial charge on any atom is -0.507 e. The molecule has 0 aromatic heterocycles. The Morgan fingerprint density at radius 2 is 1.47 bits per heavy atom. The summed E-state index contributed by atoms with van der Waals surface area (Å²) in [5.41, 5.74) is 0.407. The van der Waals surface area contributed by atoms with E-state index < -0.39 is 5.78 Å². The Balaban J connectivity index is 2.54. The SMILES string of the molecule is CC(=O)c1cc(C(=O)c2ccccc2)c(O)cc1O. The lowest BCUT2D eigenvalue weighted by Crippen LogP contribution is -2.04. The predicted molar refractivity (Wildman–Crippen MR) is 69.7 cm³/mol. The van der Waals surface area contributed by atoms with Crippen LogP contribution >= 0.6 is 0 Å². The quantitative estimate of drug-likeness (QED) is 0.827. The second-order valence-electron chi connectivity index (χ2n) is 4.14. The molecule has 0 bridgehead atoms. The highest BCUT2D eigenvalue weighted by Crippen LogP contribution is 2.29. The van der Waals surface area contributed by atoms with Gasteiger partial charge in [0.15, 0.2) is 11.6 Å². The number of hydrogen-bond donors (Lipinski definition) is 2. The maximum absolute atomic E-state index is 12.2. The molecule has 2 rings (SSSR count). The number of carbonyl (C=O) groups is 2. The fourth-order valence-electron chi connectivity index (χ4n) is 1.79. The maximum Gasteiger partial charge on any atom is 0.196 e. The molecule has 0 fully saturated rings. The van der Waals surface area contributed by atoms with Crippen LogP contribution in [0.2, 0.25) is 0 Å². The van der Waals surface area contributed by atoms with Gasteiger partial charge in [0, 0.05) is 11.6 Å². The van der Waals surface area contributed by atoms with Crippen LogP contribution in [0.5, 0.6) is 11.5 Å². The first-order valence-electron chi connectivity index (χ1n) is 5.67. The van der Waals surface area contributed by atoms with Crippen molar-refractivity contribution in [3.63, 3.8) is 0 Å². The summed E-state index contributed by atoms with van der Waals surface area (Å²) in [7, 11) is 0. The first-order chi connectivity index (χ1) is 9.00. The Kier molecular flexibility index (Phi) is 3.33. The van der Waals surface area contributed by atoms with Crippen LogP contribution in [-0.4, -0.2) is 21.8 Å². The molecule has 2 N–H and O–H groups in total. The van der Waals surface area contributed by atoms with Gasteiger partial charge in [-0.3, -0.25) is 9.59 Å². The fraction of sp³-hybridized carbons (Fsp3) is 0.0667. The van der Waals surface area contributed by atoms with Crippen molar-refractivity contribution in [2.24, 2.45) is 0 Å². The van der Waals surface area contributed by atoms with E-state index in [4.69, 9.17) is 0 Å². The standard InChI is InChI=1S/C15H12O4/c1-9(16)11-7-12(14(18)8-13(11)17)15(19)10-5-3-2-4-6-10/h2-8,17-18H,1H3. The summed E-state index contributed by atoms with van der Waals surface area (Å²) in [6.45, 7) is 1.28. The predicted octanol–water partition coefficient (Wildman–Crippen LogP) is 2.53. The average molecular weight is 256 g/mol. The molecule has 4 heteroatoms. The third kappa shape index (κ3) is 2.47. The van der Waals surface area contributed by atoms with Crippen LogP contribution in [0.15, 0.2) is 42.5 Å². The summed E-state index contributed by atoms with van der Waals surface area (Å²) < 4.78 is 0. The number of aromatic hydroxyl groups is 2. The number of ketones is 2. The molecule has 0 spiro atoms. The van der Waals surface area contributed by atoms with Crippen LogP contribution < -0.4 is 0 Å². The second kappa shape index (κ2) is 4.94. The van der Waals surface area contributed by atoms with Crippen molar-refractivity contribution >= 4 is 11.6 Å². The van der Waals surface area contributed by atoms with Gasteiger partial charge in [0.25, 0.3) is 0 Å². The van der Waals surface area contributed by atoms with Crippen LogP contribution in [0.4, 0.5) is 0 Å². The van der Waals surface area contributed by atoms with Gasteiger partial charge in [0.1, 0.15) is 11.5 Å². The van der Waals surface area contributed by atoms with Gasteiger partial charge in [0.2, 0.25) is 0 Å². The minimum absolute atomic E-state index is 0.00537. The third-order valence-corrected chi connectivity index (χ3v) is 2.77. The number of Topliss-reactive ketones (excluding diaryl/α,β-unsaturated/α-hetero) is 1. The van der Waals surface area contributed by atoms with Gasteiger partial charge >= 0.3 is 0 Å². The molecule has 0 saturated carbocycles. The molecular formula is C15H12O4. The lowest BCUT2D eigenvalue weighted by molar-refractivity contribution is 0.101. The van der Waals surface area contributed by atoms with Crippen LogP contribution in [0.1, 0.15) is 33.2 Å². The fourth-order valence-corrected chi connectivity index (χ4v) is 1.79. The van der Waals surface area contributed by atoms with Gasteiger partial charge in [-0.05, 0) is 13.0 Å². The summed E-state index contributed by atoms with van der Waals surface area (Å²) in [6, 6.07) is 10.6. The van der Waals surface area contributed by atoms with Gasteiger partial charge in [-0.15, -0.1) is 0 Å². The molecule has 0 radical (unpaired) electrons. The Morgan fingerprint density at radius 1 is 0.895 bits per heavy atom. The zero-order valence-corrected chi connectivity index (χ0v) is 10.3. The van der Waals surface area contributed by atoms with Gasteiger partial charge in [-0.2, -0.15) is 0 Å². The molecule has 0 unspecified atom stereocenters. The molecule has 0 amide bonds. The molecule has 0 aliphatic rings. The summed E-state index contributed by atoms with van der Waals surface area (Å²) in [4.78, 5) is 23.5. The van der Waals surface area contributed by atoms with E-state index in [0.717, 1.165) is 6.07 Å². The first-order valence-corrected chi connectivity index (χ1v) is 5.67. The molecule has 0 saturated heterocycles. The third-order valence-electron chi connectivity index (χ3n) is 2.77. The Hall–Kier alpha value is -2.62. The van der Waals surface area contributed by atoms with Gasteiger partial charge in [-0.25, -0.2) is 0 Å². The molecule has 0 heterocycles. The maximum atomic E-state index is 12.2. The van der Waals surface area contributed by atoms with E-state index in [1.54, 1.807) is 30.3 Å². The average Bonchev–Trinajstić information content (AvgIpc) is 2.38. The van der Waals surface area contributed by atoms with E-state index >= 15 is 0 Å². The van der Waals surface area contributed by atoms with Gasteiger partial charge in [-0.1, -0.05) is 30.3 Å². The highest BCUT2D eigenvalue weighted by atomic mass is 16.3. The van der Waals surface area contributed by atoms with Crippen molar-refractivity contribution in [2.75, 3.05) is 0 Å². The zero-order valence-electron chi connectivity index (χ0n) is 10.3. The van der Waals surface area contributed by atoms with E-state index in [9.17, 15) is 19.8 Å². The van der Waals surface area contributed by atoms with Gasteiger partial charge < -0.3 is 10.2 Å². The molecule has 2 aromatic carbocycles. The molecule has 19 heavy (non-hydrogen) atoms. The minimum atomic E-state index is -0.402. The van der Waals surface area contributed by atoms with Crippen molar-refractivity contribution in [3.05, 3.63) is 59.2 Å². The number of phenols is 2. The van der Waals surface area contributed by atoms with Gasteiger partial charge in [0.05, 0.1) is 11.1 Å². The Morgan fingerprint density at radius 3 is 2.05 bits per heavy atom. The summed E-state index contributed by atoms with van der Waals surface area (Å²) in [5.74, 6) is -1.47. The van der Waals surface area contributed by atoms with Crippen molar-refractivity contribution in [2.45, 2.75) is 6.92 Å². The Bertz CT molecular complexity index is 645. The smallest absolute Gasteiger partial charge is 0.196 e. The normalized spacial score (nSPS) is 10.2. The largest absolute Gasteiger partial charge is 0.507 e. The van der Waals surface area contributed by atoms with Crippen LogP contribution in [0, 0.1) is 0 Å². The van der Waals surface area contributed by atoms with Crippen molar-refractivity contribution in [1.29, 1.82) is 0 Å². The van der Waals surface area contributed by atoms with E-state index in [-0.39, 0.29) is 28.4 Å². The van der Waals surface area contributed by atoms with Crippen LogP contribution in [0.3, 0.4) is 0 Å². The van der Waals surface area contributed by atoms with Crippen molar-refractivity contribution in [3.8, 4) is 11.5 Å². The van der Waals surface area contributed by atoms with E-state index in [1.165, 1.54) is 13.0 Å². The highest BCUT2D eigenvalue weighted by molar-refractivity contribution is 6.12. The van der Waals surface area contributed by atoms with Crippen LogP contribution in [0.25, 0.3) is 0 Å². The molecular weight excluding hydrogens is 244 g/mol. The van der Waals surface area contributed by atoms with Crippen molar-refractivity contribution in [1.82, 2.24) is 0 Å². The van der Waals surface area contributed by atoms with E-state index in [1.807, 2.05) is 0 Å². The Labute approximate surface area is 109 Å². The lowest BCUT2D eigenvalue weighted by atomic mass is 9.98. The molecule has 0 aliphatic carbocycles. The lowest BCUT2D eigenvalue weighted by Gasteiger charge is -2.07. The number of carbonyl (C=O) groups excluding carboxylic acids is 2. The van der Waals surface area contributed by atoms with E-state index in [2.05, 4.69) is 0 Å². The molecule has 2 aromatic rings. The van der Waals surface area contributed by atoms with E-state index in [0.29, 0.717) is 5.56 Å². The second-order valence-corrected chi connectivity index (χ2v) is 4.14. The molecule has 0 atom stereocenters. The number of rotatable bonds is 3. The highest BCUT2D eigenvalue weighted by Gasteiger charge is 2.18. The zero-order chi connectivity index (χ0) is 14.0. The summed E-state index contributed by atoms with van der Waals surface area (Å²) >= 11 is 0. The number of hydrogen-bond acceptors (Lipinski definition) is 4. The van der Waals surface area contributed by atoms with Crippen LogP contribution in [-0.2, 0) is 0 Å². The first kappa shape index (κ1) is 12.8. The number of benzene rings is 2. The summed E-state index contributed by atoms with van der Waals surface area (Å²) in [5, 5.41) is 19.3. The molecule has 0 aliphatic heterocycles. The molecule has 96 valence electrons. The molecule has 4 nitrogen and oxygen atoms in total. The van der Waals surface area contributed by atoms with Crippen molar-refractivity contribution < 1.29 is 19.8 Å². The topological polar surface area (TPSA) is 74.6 Å². The monoisotopic (exact) mass is 256 g/mol. The summed E-state index contributed by atoms with van der Waals surface area (Å²) in [6.07, 6.45) is 0.